The van der Waals surface area contributed by atoms with Crippen molar-refractivity contribution in [2.24, 2.45) is 0 Å². The molecule has 1 aromatic carbocycles. The van der Waals surface area contributed by atoms with E-state index in [9.17, 15) is 14.4 Å². The Kier molecular flexibility index (Phi) is 8.17. The maximum absolute atomic E-state index is 11.8. The molecule has 0 saturated carbocycles. The summed E-state index contributed by atoms with van der Waals surface area (Å²) in [6.45, 7) is 5.31. The summed E-state index contributed by atoms with van der Waals surface area (Å²) in [5.74, 6) is -1.50. The molecule has 9 heteroatoms. The second kappa shape index (κ2) is 10.8. The molecule has 2 rings (SSSR count). The molecule has 1 heterocycles. The highest BCUT2D eigenvalue weighted by atomic mass is 35.5. The van der Waals surface area contributed by atoms with Crippen molar-refractivity contribution in [3.05, 3.63) is 71.0 Å². The van der Waals surface area contributed by atoms with Crippen molar-refractivity contribution in [1.29, 1.82) is 0 Å². The van der Waals surface area contributed by atoms with E-state index < -0.39 is 24.5 Å². The molecule has 3 amide bonds. The minimum absolute atomic E-state index is 0.208. The van der Waals surface area contributed by atoms with Crippen LogP contribution in [0.15, 0.2) is 49.1 Å². The van der Waals surface area contributed by atoms with Crippen molar-refractivity contribution in [2.45, 2.75) is 13.5 Å². The zero-order valence-electron chi connectivity index (χ0n) is 15.9. The lowest BCUT2D eigenvalue weighted by Gasteiger charge is -2.04. The number of ether oxygens (including phenoxy) is 1. The molecule has 152 valence electrons. The van der Waals surface area contributed by atoms with Gasteiger partial charge in [0, 0.05) is 18.2 Å². The van der Waals surface area contributed by atoms with Gasteiger partial charge in [-0.3, -0.25) is 10.1 Å². The van der Waals surface area contributed by atoms with Gasteiger partial charge >= 0.3 is 12.0 Å². The van der Waals surface area contributed by atoms with Crippen LogP contribution >= 0.6 is 11.6 Å². The summed E-state index contributed by atoms with van der Waals surface area (Å²) < 4.78 is 6.44. The summed E-state index contributed by atoms with van der Waals surface area (Å²) in [5, 5.41) is 9.14. The largest absolute Gasteiger partial charge is 0.452 e. The normalized spacial score (nSPS) is 10.6. The summed E-state index contributed by atoms with van der Waals surface area (Å²) in [4.78, 5) is 34.7. The lowest BCUT2D eigenvalue weighted by atomic mass is 10.2. The molecule has 0 bridgehead atoms. The third-order valence-electron chi connectivity index (χ3n) is 3.68. The van der Waals surface area contributed by atoms with Crippen LogP contribution in [0.5, 0.6) is 0 Å². The van der Waals surface area contributed by atoms with Crippen LogP contribution in [0.3, 0.4) is 0 Å². The van der Waals surface area contributed by atoms with Crippen LogP contribution in [0.4, 0.5) is 4.79 Å². The van der Waals surface area contributed by atoms with Crippen LogP contribution in [0.1, 0.15) is 16.8 Å². The van der Waals surface area contributed by atoms with E-state index in [0.717, 1.165) is 11.6 Å². The van der Waals surface area contributed by atoms with Crippen LogP contribution < -0.4 is 10.6 Å². The number of hydrogen-bond acceptors (Lipinski definition) is 5. The summed E-state index contributed by atoms with van der Waals surface area (Å²) >= 11 is 6.37. The van der Waals surface area contributed by atoms with Crippen molar-refractivity contribution >= 4 is 35.6 Å². The van der Waals surface area contributed by atoms with Gasteiger partial charge in [-0.15, -0.1) is 6.58 Å². The zero-order chi connectivity index (χ0) is 21.2. The number of amides is 3. The van der Waals surface area contributed by atoms with Gasteiger partial charge in [0.1, 0.15) is 5.15 Å². The quantitative estimate of drug-likeness (QED) is 0.391. The maximum Gasteiger partial charge on any atom is 0.331 e. The number of hydrogen-bond donors (Lipinski definition) is 2. The highest BCUT2D eigenvalue weighted by molar-refractivity contribution is 6.31. The SMILES string of the molecule is C=CCNC(=O)NC(=O)COC(=O)/C=C/c1c(C)nn(Cc2ccccc2)c1Cl. The summed E-state index contributed by atoms with van der Waals surface area (Å²) in [7, 11) is 0. The monoisotopic (exact) mass is 416 g/mol. The number of nitrogens with zero attached hydrogens (tertiary/aromatic N) is 2. The van der Waals surface area contributed by atoms with E-state index >= 15 is 0 Å². The van der Waals surface area contributed by atoms with Crippen LogP contribution in [0.25, 0.3) is 6.08 Å². The smallest absolute Gasteiger partial charge is 0.331 e. The Labute approximate surface area is 173 Å². The maximum atomic E-state index is 11.8. The van der Waals surface area contributed by atoms with Gasteiger partial charge in [-0.2, -0.15) is 5.10 Å². The van der Waals surface area contributed by atoms with E-state index in [4.69, 9.17) is 16.3 Å². The third kappa shape index (κ3) is 6.93. The molecule has 0 fully saturated rings. The number of benzene rings is 1. The van der Waals surface area contributed by atoms with Crippen molar-refractivity contribution in [2.75, 3.05) is 13.2 Å². The molecule has 2 N–H and O–H groups in total. The molecule has 2 aromatic rings. The Morgan fingerprint density at radius 3 is 2.69 bits per heavy atom. The molecule has 0 unspecified atom stereocenters. The lowest BCUT2D eigenvalue weighted by Crippen LogP contribution is -2.41. The predicted molar refractivity (Wildman–Crippen MR) is 109 cm³/mol. The number of esters is 1. The average molecular weight is 417 g/mol. The Morgan fingerprint density at radius 1 is 1.28 bits per heavy atom. The highest BCUT2D eigenvalue weighted by Crippen LogP contribution is 2.22. The number of aromatic nitrogens is 2. The zero-order valence-corrected chi connectivity index (χ0v) is 16.6. The van der Waals surface area contributed by atoms with Crippen molar-refractivity contribution in [3.63, 3.8) is 0 Å². The fraction of sp³-hybridized carbons (Fsp3) is 0.200. The van der Waals surface area contributed by atoms with Crippen molar-refractivity contribution in [3.8, 4) is 0 Å². The topological polar surface area (TPSA) is 102 Å². The van der Waals surface area contributed by atoms with Gasteiger partial charge in [0.25, 0.3) is 5.91 Å². The first-order valence-corrected chi connectivity index (χ1v) is 9.08. The number of aryl methyl sites for hydroxylation is 1. The number of carbonyl (C=O) groups excluding carboxylic acids is 3. The number of nitrogens with one attached hydrogen (secondary N) is 2. The molecule has 29 heavy (non-hydrogen) atoms. The summed E-state index contributed by atoms with van der Waals surface area (Å²) in [6.07, 6.45) is 4.08. The first kappa shape index (κ1) is 21.9. The first-order valence-electron chi connectivity index (χ1n) is 8.71. The van der Waals surface area contributed by atoms with E-state index in [1.807, 2.05) is 35.6 Å². The van der Waals surface area contributed by atoms with E-state index in [1.54, 1.807) is 11.6 Å². The Bertz CT molecular complexity index is 922. The van der Waals surface area contributed by atoms with Gasteiger partial charge in [0.15, 0.2) is 6.61 Å². The Hall–Kier alpha value is -3.39. The second-order valence-corrected chi connectivity index (χ2v) is 6.28. The van der Waals surface area contributed by atoms with Crippen molar-refractivity contribution in [1.82, 2.24) is 20.4 Å². The molecule has 0 aliphatic rings. The van der Waals surface area contributed by atoms with Crippen LogP contribution in [0.2, 0.25) is 5.15 Å². The second-order valence-electron chi connectivity index (χ2n) is 5.92. The van der Waals surface area contributed by atoms with Gasteiger partial charge < -0.3 is 10.1 Å². The molecule has 0 saturated heterocycles. The van der Waals surface area contributed by atoms with E-state index in [-0.39, 0.29) is 6.54 Å². The third-order valence-corrected chi connectivity index (χ3v) is 4.07. The van der Waals surface area contributed by atoms with Crippen LogP contribution in [-0.2, 0) is 20.9 Å². The lowest BCUT2D eigenvalue weighted by molar-refractivity contribution is -0.143. The molecule has 0 aliphatic carbocycles. The molecule has 0 aliphatic heterocycles. The standard InChI is InChI=1S/C20H21ClN4O4/c1-3-11-22-20(28)23-17(26)13-29-18(27)10-9-16-14(2)24-25(19(16)21)12-15-7-5-4-6-8-15/h3-10H,1,11-13H2,2H3,(H2,22,23,26,28)/b10-9+. The summed E-state index contributed by atoms with van der Waals surface area (Å²) in [6, 6.07) is 9.00. The highest BCUT2D eigenvalue weighted by Gasteiger charge is 2.13. The number of carbonyl (C=O) groups is 3. The minimum atomic E-state index is -0.752. The van der Waals surface area contributed by atoms with Crippen LogP contribution in [-0.4, -0.2) is 40.8 Å². The number of imide groups is 1. The Morgan fingerprint density at radius 2 is 2.00 bits per heavy atom. The van der Waals surface area contributed by atoms with Gasteiger partial charge in [-0.25, -0.2) is 14.3 Å². The fourth-order valence-corrected chi connectivity index (χ4v) is 2.62. The molecular formula is C20H21ClN4O4. The first-order chi connectivity index (χ1) is 13.9. The minimum Gasteiger partial charge on any atom is -0.452 e. The van der Waals surface area contributed by atoms with Gasteiger partial charge in [-0.1, -0.05) is 48.0 Å². The van der Waals surface area contributed by atoms with Crippen LogP contribution in [0, 0.1) is 6.92 Å². The predicted octanol–water partition coefficient (Wildman–Crippen LogP) is 2.46. The fourth-order valence-electron chi connectivity index (χ4n) is 2.33. The van der Waals surface area contributed by atoms with Gasteiger partial charge in [0.05, 0.1) is 12.2 Å². The molecule has 0 atom stereocenters. The Balaban J connectivity index is 1.90. The molecule has 0 radical (unpaired) electrons. The van der Waals surface area contributed by atoms with E-state index in [1.165, 1.54) is 12.2 Å². The average Bonchev–Trinajstić information content (AvgIpc) is 2.96. The molecular weight excluding hydrogens is 396 g/mol. The van der Waals surface area contributed by atoms with E-state index in [2.05, 4.69) is 17.0 Å². The number of urea groups is 1. The number of halogens is 1. The molecule has 1 aromatic heterocycles. The molecule has 0 spiro atoms. The van der Waals surface area contributed by atoms with Gasteiger partial charge in [-0.05, 0) is 18.6 Å². The number of rotatable bonds is 8. The van der Waals surface area contributed by atoms with Gasteiger partial charge in [0.2, 0.25) is 0 Å². The van der Waals surface area contributed by atoms with Crippen molar-refractivity contribution < 1.29 is 19.1 Å². The van der Waals surface area contributed by atoms with E-state index in [0.29, 0.717) is 23.0 Å². The molecule has 8 nitrogen and oxygen atoms in total. The summed E-state index contributed by atoms with van der Waals surface area (Å²) in [5.41, 5.74) is 2.26.